The molecule has 1 N–H and O–H groups in total. The Kier molecular flexibility index (Phi) is 4.74. The van der Waals surface area contributed by atoms with E-state index in [-0.39, 0.29) is 0 Å². The normalized spacial score (nSPS) is 12.3. The lowest BCUT2D eigenvalue weighted by Crippen LogP contribution is -1.92. The Bertz CT molecular complexity index is 600. The molecular weight excluding hydrogens is 351 g/mol. The minimum absolute atomic E-state index is 0.428. The third-order valence-corrected chi connectivity index (χ3v) is 3.64. The van der Waals surface area contributed by atoms with Crippen molar-refractivity contribution in [3.8, 4) is 11.5 Å². The molecule has 100 valence electrons. The number of ether oxygens (including phenoxy) is 1. The Balaban J connectivity index is 2.28. The number of aliphatic hydroxyl groups is 1. The van der Waals surface area contributed by atoms with E-state index >= 15 is 0 Å². The van der Waals surface area contributed by atoms with Crippen molar-refractivity contribution in [1.29, 1.82) is 0 Å². The molecule has 0 saturated heterocycles. The van der Waals surface area contributed by atoms with Crippen molar-refractivity contribution in [2.45, 2.75) is 13.0 Å². The van der Waals surface area contributed by atoms with Gasteiger partial charge in [-0.2, -0.15) is 0 Å². The zero-order valence-corrected chi connectivity index (χ0v) is 13.1. The average Bonchev–Trinajstić information content (AvgIpc) is 2.34. The fraction of sp³-hybridized carbons (Fsp3) is 0.143. The van der Waals surface area contributed by atoms with Gasteiger partial charge in [-0.15, -0.1) is 0 Å². The molecule has 0 saturated carbocycles. The molecule has 0 radical (unpaired) electrons. The third-order valence-electron chi connectivity index (χ3n) is 2.55. The predicted octanol–water partition coefficient (Wildman–Crippen LogP) is 5.60. The van der Waals surface area contributed by atoms with Gasteiger partial charge in [0, 0.05) is 4.47 Å². The smallest absolute Gasteiger partial charge is 0.146 e. The standard InChI is InChI=1S/C14H11BrCl2O2/c1-8(18)9-2-4-13(11(16)6-9)19-14-5-3-10(15)7-12(14)17/h2-8,18H,1H3/t8-/m0/s1. The van der Waals surface area contributed by atoms with Crippen LogP contribution in [0.4, 0.5) is 0 Å². The highest BCUT2D eigenvalue weighted by molar-refractivity contribution is 9.10. The summed E-state index contributed by atoms with van der Waals surface area (Å²) in [5, 5.41) is 10.4. The highest BCUT2D eigenvalue weighted by Gasteiger charge is 2.09. The molecule has 2 nitrogen and oxygen atoms in total. The lowest BCUT2D eigenvalue weighted by molar-refractivity contribution is 0.199. The maximum Gasteiger partial charge on any atom is 0.146 e. The first-order valence-electron chi connectivity index (χ1n) is 5.58. The molecular formula is C14H11BrCl2O2. The molecule has 0 heterocycles. The second kappa shape index (κ2) is 6.14. The van der Waals surface area contributed by atoms with E-state index in [1.54, 1.807) is 37.3 Å². The summed E-state index contributed by atoms with van der Waals surface area (Å²) >= 11 is 15.5. The summed E-state index contributed by atoms with van der Waals surface area (Å²) in [5.74, 6) is 1.02. The van der Waals surface area contributed by atoms with E-state index in [0.717, 1.165) is 10.0 Å². The maximum atomic E-state index is 9.48. The molecule has 0 aliphatic carbocycles. The summed E-state index contributed by atoms with van der Waals surface area (Å²) < 4.78 is 6.54. The van der Waals surface area contributed by atoms with Gasteiger partial charge in [-0.05, 0) is 42.8 Å². The van der Waals surface area contributed by atoms with Gasteiger partial charge in [0.25, 0.3) is 0 Å². The van der Waals surface area contributed by atoms with Crippen molar-refractivity contribution in [2.75, 3.05) is 0 Å². The molecule has 2 aromatic carbocycles. The first-order chi connectivity index (χ1) is 8.97. The Labute approximate surface area is 130 Å². The van der Waals surface area contributed by atoms with Gasteiger partial charge < -0.3 is 9.84 Å². The summed E-state index contributed by atoms with van der Waals surface area (Å²) in [6, 6.07) is 10.5. The molecule has 2 rings (SSSR count). The molecule has 0 bridgehead atoms. The van der Waals surface area contributed by atoms with E-state index in [1.165, 1.54) is 0 Å². The average molecular weight is 362 g/mol. The van der Waals surface area contributed by atoms with E-state index in [4.69, 9.17) is 27.9 Å². The van der Waals surface area contributed by atoms with E-state index in [2.05, 4.69) is 15.9 Å². The van der Waals surface area contributed by atoms with Crippen molar-refractivity contribution in [3.05, 3.63) is 56.5 Å². The van der Waals surface area contributed by atoms with Crippen LogP contribution in [0.3, 0.4) is 0 Å². The summed E-state index contributed by atoms with van der Waals surface area (Å²) in [5.41, 5.74) is 0.735. The fourth-order valence-electron chi connectivity index (χ4n) is 1.54. The monoisotopic (exact) mass is 360 g/mol. The number of halogens is 3. The van der Waals surface area contributed by atoms with Crippen LogP contribution in [0.15, 0.2) is 40.9 Å². The van der Waals surface area contributed by atoms with Crippen LogP contribution in [-0.4, -0.2) is 5.11 Å². The summed E-state index contributed by atoms with van der Waals surface area (Å²) in [6.45, 7) is 1.68. The quantitative estimate of drug-likeness (QED) is 0.770. The molecule has 0 fully saturated rings. The highest BCUT2D eigenvalue weighted by atomic mass is 79.9. The van der Waals surface area contributed by atoms with Crippen LogP contribution in [0, 0.1) is 0 Å². The van der Waals surface area contributed by atoms with Crippen molar-refractivity contribution >= 4 is 39.1 Å². The fourth-order valence-corrected chi connectivity index (χ4v) is 2.48. The van der Waals surface area contributed by atoms with E-state index in [1.807, 2.05) is 6.07 Å². The molecule has 0 aliphatic rings. The molecule has 19 heavy (non-hydrogen) atoms. The summed E-state index contributed by atoms with van der Waals surface area (Å²) in [7, 11) is 0. The third kappa shape index (κ3) is 3.63. The van der Waals surface area contributed by atoms with Crippen molar-refractivity contribution in [1.82, 2.24) is 0 Å². The van der Waals surface area contributed by atoms with Gasteiger partial charge in [0.2, 0.25) is 0 Å². The lowest BCUT2D eigenvalue weighted by atomic mass is 10.1. The Morgan fingerprint density at radius 1 is 1.05 bits per heavy atom. The van der Waals surface area contributed by atoms with Gasteiger partial charge in [-0.1, -0.05) is 45.2 Å². The van der Waals surface area contributed by atoms with Gasteiger partial charge in [-0.25, -0.2) is 0 Å². The summed E-state index contributed by atoms with van der Waals surface area (Å²) in [4.78, 5) is 0. The minimum atomic E-state index is -0.567. The van der Waals surface area contributed by atoms with Gasteiger partial charge >= 0.3 is 0 Å². The number of benzene rings is 2. The van der Waals surface area contributed by atoms with E-state index < -0.39 is 6.10 Å². The van der Waals surface area contributed by atoms with Crippen molar-refractivity contribution in [2.24, 2.45) is 0 Å². The molecule has 0 amide bonds. The molecule has 0 spiro atoms. The van der Waals surface area contributed by atoms with Crippen LogP contribution in [0.1, 0.15) is 18.6 Å². The Hall–Kier alpha value is -0.740. The van der Waals surface area contributed by atoms with E-state index in [9.17, 15) is 5.11 Å². The number of hydrogen-bond acceptors (Lipinski definition) is 2. The Morgan fingerprint density at radius 2 is 1.63 bits per heavy atom. The largest absolute Gasteiger partial charge is 0.454 e. The molecule has 1 atom stereocenters. The SMILES string of the molecule is C[C@H](O)c1ccc(Oc2ccc(Br)cc2Cl)c(Cl)c1. The summed E-state index contributed by atoms with van der Waals surface area (Å²) in [6.07, 6.45) is -0.567. The highest BCUT2D eigenvalue weighted by Crippen LogP contribution is 2.35. The topological polar surface area (TPSA) is 29.5 Å². The number of aliphatic hydroxyl groups excluding tert-OH is 1. The van der Waals surface area contributed by atoms with Gasteiger partial charge in [0.1, 0.15) is 11.5 Å². The van der Waals surface area contributed by atoms with Gasteiger partial charge in [0.05, 0.1) is 16.1 Å². The molecule has 5 heteroatoms. The molecule has 0 aliphatic heterocycles. The second-order valence-corrected chi connectivity index (χ2v) is 5.77. The molecule has 2 aromatic rings. The first kappa shape index (κ1) is 14.7. The molecule has 0 unspecified atom stereocenters. The zero-order chi connectivity index (χ0) is 14.0. The Morgan fingerprint density at radius 3 is 2.16 bits per heavy atom. The first-order valence-corrected chi connectivity index (χ1v) is 7.12. The number of rotatable bonds is 3. The minimum Gasteiger partial charge on any atom is -0.454 e. The van der Waals surface area contributed by atoms with Gasteiger partial charge in [0.15, 0.2) is 0 Å². The maximum absolute atomic E-state index is 9.48. The van der Waals surface area contributed by atoms with Crippen LogP contribution in [0.25, 0.3) is 0 Å². The van der Waals surface area contributed by atoms with Crippen LogP contribution < -0.4 is 4.74 Å². The van der Waals surface area contributed by atoms with Gasteiger partial charge in [-0.3, -0.25) is 0 Å². The second-order valence-electron chi connectivity index (χ2n) is 4.04. The number of hydrogen-bond donors (Lipinski definition) is 1. The van der Waals surface area contributed by atoms with E-state index in [0.29, 0.717) is 21.5 Å². The zero-order valence-electron chi connectivity index (χ0n) is 10.0. The van der Waals surface area contributed by atoms with Crippen LogP contribution in [0.5, 0.6) is 11.5 Å². The van der Waals surface area contributed by atoms with Crippen molar-refractivity contribution in [3.63, 3.8) is 0 Å². The van der Waals surface area contributed by atoms with Crippen molar-refractivity contribution < 1.29 is 9.84 Å². The predicted molar refractivity (Wildman–Crippen MR) is 81.3 cm³/mol. The van der Waals surface area contributed by atoms with Crippen LogP contribution in [-0.2, 0) is 0 Å². The molecule has 0 aromatic heterocycles. The van der Waals surface area contributed by atoms with Crippen LogP contribution in [0.2, 0.25) is 10.0 Å². The lowest BCUT2D eigenvalue weighted by Gasteiger charge is -2.11. The van der Waals surface area contributed by atoms with Crippen LogP contribution >= 0.6 is 39.1 Å².